The van der Waals surface area contributed by atoms with E-state index in [1.165, 1.54) is 7.11 Å². The number of rotatable bonds is 10. The summed E-state index contributed by atoms with van der Waals surface area (Å²) in [5.41, 5.74) is 4.91. The van der Waals surface area contributed by atoms with E-state index in [1.54, 1.807) is 20.8 Å². The van der Waals surface area contributed by atoms with Crippen LogP contribution < -0.4 is 5.32 Å². The lowest BCUT2D eigenvalue weighted by Crippen LogP contribution is -2.45. The number of hydrogen-bond donors (Lipinski definition) is 1. The van der Waals surface area contributed by atoms with Crippen LogP contribution in [-0.4, -0.2) is 35.4 Å². The zero-order valence-electron chi connectivity index (χ0n) is 26.3. The average Bonchev–Trinajstić information content (AvgIpc) is 3.43. The monoisotopic (exact) mass is 600 g/mol. The summed E-state index contributed by atoms with van der Waals surface area (Å²) in [4.78, 5) is 25.9. The summed E-state index contributed by atoms with van der Waals surface area (Å²) < 4.78 is 12.9. The molecule has 1 N–H and O–H groups in total. The van der Waals surface area contributed by atoms with Crippen molar-refractivity contribution in [2.24, 2.45) is 0 Å². The number of methoxy groups -OCH3 is 1. The van der Waals surface area contributed by atoms with Crippen LogP contribution in [-0.2, 0) is 32.6 Å². The minimum Gasteiger partial charge on any atom is -0.467 e. The van der Waals surface area contributed by atoms with Crippen LogP contribution in [0.1, 0.15) is 54.2 Å². The van der Waals surface area contributed by atoms with Crippen LogP contribution in [0.25, 0.3) is 0 Å². The highest BCUT2D eigenvalue weighted by Crippen LogP contribution is 2.42. The lowest BCUT2D eigenvalue weighted by Gasteiger charge is -2.38. The van der Waals surface area contributed by atoms with Crippen LogP contribution in [0.2, 0.25) is 0 Å². The van der Waals surface area contributed by atoms with E-state index in [1.807, 2.05) is 36.4 Å². The summed E-state index contributed by atoms with van der Waals surface area (Å²) >= 11 is 0. The number of aromatic nitrogens is 1. The molecule has 1 heterocycles. The molecule has 0 aliphatic carbocycles. The van der Waals surface area contributed by atoms with Crippen molar-refractivity contribution in [1.29, 1.82) is 0 Å². The fourth-order valence-corrected chi connectivity index (χ4v) is 5.88. The van der Waals surface area contributed by atoms with Gasteiger partial charge < -0.3 is 19.4 Å². The highest BCUT2D eigenvalue weighted by molar-refractivity contribution is 5.81. The maximum absolute atomic E-state index is 13.1. The van der Waals surface area contributed by atoms with Crippen molar-refractivity contribution in [3.8, 4) is 0 Å². The highest BCUT2D eigenvalue weighted by atomic mass is 16.6. The largest absolute Gasteiger partial charge is 0.467 e. The molecule has 6 heteroatoms. The SMILES string of the molecule is COC(=O)[C@@H](Cc1cn(C(c2ccccc2)(c2ccccc2)c2ccccc2)cc1Cc1ccccc1)NC(=O)OC(C)(C)C. The normalized spacial score (nSPS) is 12.3. The first-order valence-electron chi connectivity index (χ1n) is 15.2. The molecule has 45 heavy (non-hydrogen) atoms. The molecule has 0 bridgehead atoms. The summed E-state index contributed by atoms with van der Waals surface area (Å²) in [6.45, 7) is 5.36. The molecule has 0 spiro atoms. The zero-order valence-corrected chi connectivity index (χ0v) is 26.3. The van der Waals surface area contributed by atoms with E-state index in [-0.39, 0.29) is 6.42 Å². The number of hydrogen-bond acceptors (Lipinski definition) is 4. The Balaban J connectivity index is 1.71. The number of nitrogens with one attached hydrogen (secondary N) is 1. The number of carbonyl (C=O) groups is 2. The Morgan fingerprint density at radius 2 is 1.13 bits per heavy atom. The van der Waals surface area contributed by atoms with Crippen LogP contribution in [0.4, 0.5) is 4.79 Å². The second-order valence-corrected chi connectivity index (χ2v) is 12.1. The Hall–Kier alpha value is -5.10. The fraction of sp³-hybridized carbons (Fsp3) is 0.231. The van der Waals surface area contributed by atoms with Crippen LogP contribution in [0, 0.1) is 0 Å². The molecule has 0 fully saturated rings. The van der Waals surface area contributed by atoms with Crippen molar-refractivity contribution < 1.29 is 19.1 Å². The van der Waals surface area contributed by atoms with Gasteiger partial charge in [0.1, 0.15) is 17.2 Å². The van der Waals surface area contributed by atoms with Crippen LogP contribution in [0.3, 0.4) is 0 Å². The van der Waals surface area contributed by atoms with E-state index < -0.39 is 29.2 Å². The molecule has 0 saturated carbocycles. The van der Waals surface area contributed by atoms with Gasteiger partial charge in [0.2, 0.25) is 0 Å². The Morgan fingerprint density at radius 1 is 0.689 bits per heavy atom. The molecule has 0 aliphatic heterocycles. The molecule has 5 rings (SSSR count). The smallest absolute Gasteiger partial charge is 0.408 e. The van der Waals surface area contributed by atoms with Gasteiger partial charge in [-0.1, -0.05) is 121 Å². The van der Waals surface area contributed by atoms with Crippen LogP contribution in [0.15, 0.2) is 134 Å². The Morgan fingerprint density at radius 3 is 1.58 bits per heavy atom. The Labute approximate surface area is 265 Å². The molecule has 1 atom stereocenters. The number of nitrogens with zero attached hydrogens (tertiary/aromatic N) is 1. The standard InChI is InChI=1S/C39H40N2O4/c1-38(2,3)45-37(43)40-35(36(42)44-4)26-31-28-41(27-30(31)25-29-17-9-5-10-18-29)39(32-19-11-6-12-20-32,33-21-13-7-14-22-33)34-23-15-8-16-24-34/h5-24,27-28,35H,25-26H2,1-4H3,(H,40,43)/t35-/m1/s1. The molecule has 230 valence electrons. The highest BCUT2D eigenvalue weighted by Gasteiger charge is 2.39. The molecule has 0 radical (unpaired) electrons. The van der Waals surface area contributed by atoms with Gasteiger partial charge in [-0.15, -0.1) is 0 Å². The van der Waals surface area contributed by atoms with E-state index in [0.29, 0.717) is 6.42 Å². The van der Waals surface area contributed by atoms with Gasteiger partial charge in [-0.2, -0.15) is 0 Å². The molecule has 5 aromatic rings. The first kappa shape index (κ1) is 31.3. The summed E-state index contributed by atoms with van der Waals surface area (Å²) in [5, 5.41) is 2.76. The molecule has 0 unspecified atom stereocenters. The molecule has 6 nitrogen and oxygen atoms in total. The summed E-state index contributed by atoms with van der Waals surface area (Å²) in [5.74, 6) is -0.542. The Bertz CT molecular complexity index is 1600. The van der Waals surface area contributed by atoms with E-state index >= 15 is 0 Å². The van der Waals surface area contributed by atoms with Crippen LogP contribution >= 0.6 is 0 Å². The molecule has 0 aliphatic rings. The van der Waals surface area contributed by atoms with Gasteiger partial charge in [-0.3, -0.25) is 0 Å². The third-order valence-corrected chi connectivity index (χ3v) is 7.80. The quantitative estimate of drug-likeness (QED) is 0.133. The van der Waals surface area contributed by atoms with Crippen molar-refractivity contribution in [3.05, 3.63) is 167 Å². The fourth-order valence-electron chi connectivity index (χ4n) is 5.88. The molecule has 1 amide bonds. The van der Waals surface area contributed by atoms with Crippen molar-refractivity contribution >= 4 is 12.1 Å². The van der Waals surface area contributed by atoms with Crippen LogP contribution in [0.5, 0.6) is 0 Å². The van der Waals surface area contributed by atoms with Gasteiger partial charge in [0.25, 0.3) is 0 Å². The minimum absolute atomic E-state index is 0.218. The van der Waals surface area contributed by atoms with Gasteiger partial charge in [0, 0.05) is 18.8 Å². The third-order valence-electron chi connectivity index (χ3n) is 7.80. The predicted molar refractivity (Wildman–Crippen MR) is 177 cm³/mol. The second kappa shape index (κ2) is 13.7. The number of esters is 1. The van der Waals surface area contributed by atoms with E-state index in [0.717, 1.165) is 33.4 Å². The second-order valence-electron chi connectivity index (χ2n) is 12.1. The van der Waals surface area contributed by atoms with Crippen molar-refractivity contribution in [2.75, 3.05) is 7.11 Å². The van der Waals surface area contributed by atoms with Crippen molar-refractivity contribution in [3.63, 3.8) is 0 Å². The maximum Gasteiger partial charge on any atom is 0.408 e. The number of benzene rings is 4. The van der Waals surface area contributed by atoms with Gasteiger partial charge >= 0.3 is 12.1 Å². The average molecular weight is 601 g/mol. The topological polar surface area (TPSA) is 69.6 Å². The summed E-state index contributed by atoms with van der Waals surface area (Å²) in [6.07, 6.45) is 4.47. The number of carbonyl (C=O) groups excluding carboxylic acids is 2. The summed E-state index contributed by atoms with van der Waals surface area (Å²) in [7, 11) is 1.33. The maximum atomic E-state index is 13.1. The number of amides is 1. The van der Waals surface area contributed by atoms with Gasteiger partial charge in [0.15, 0.2) is 0 Å². The minimum atomic E-state index is -0.949. The zero-order chi connectivity index (χ0) is 31.9. The lowest BCUT2D eigenvalue weighted by molar-refractivity contribution is -0.143. The first-order chi connectivity index (χ1) is 21.7. The first-order valence-corrected chi connectivity index (χ1v) is 15.2. The molecular weight excluding hydrogens is 560 g/mol. The van der Waals surface area contributed by atoms with Crippen molar-refractivity contribution in [2.45, 2.75) is 50.8 Å². The number of ether oxygens (including phenoxy) is 2. The molecule has 1 aromatic heterocycles. The Kier molecular flexibility index (Phi) is 9.53. The summed E-state index contributed by atoms with van der Waals surface area (Å²) in [6, 6.07) is 40.6. The van der Waals surface area contributed by atoms with E-state index in [9.17, 15) is 9.59 Å². The molecule has 4 aromatic carbocycles. The molecular formula is C39H40N2O4. The van der Waals surface area contributed by atoms with E-state index in [4.69, 9.17) is 9.47 Å². The van der Waals surface area contributed by atoms with Crippen molar-refractivity contribution in [1.82, 2.24) is 9.88 Å². The van der Waals surface area contributed by atoms with Gasteiger partial charge in [-0.05, 0) is 60.6 Å². The van der Waals surface area contributed by atoms with Gasteiger partial charge in [-0.25, -0.2) is 9.59 Å². The number of alkyl carbamates (subject to hydrolysis) is 1. The predicted octanol–water partition coefficient (Wildman–Crippen LogP) is 7.53. The third kappa shape index (κ3) is 7.18. The molecule has 0 saturated heterocycles. The van der Waals surface area contributed by atoms with Gasteiger partial charge in [0.05, 0.1) is 7.11 Å². The van der Waals surface area contributed by atoms with E-state index in [2.05, 4.69) is 107 Å². The lowest BCUT2D eigenvalue weighted by atomic mass is 9.76.